The summed E-state index contributed by atoms with van der Waals surface area (Å²) in [5.41, 5.74) is 12.5. The van der Waals surface area contributed by atoms with Gasteiger partial charge in [-0.1, -0.05) is 121 Å². The third-order valence-electron chi connectivity index (χ3n) is 11.5. The van der Waals surface area contributed by atoms with Gasteiger partial charge in [0, 0.05) is 45.1 Å². The largest absolute Gasteiger partial charge is 0.254 e. The van der Waals surface area contributed by atoms with Gasteiger partial charge in [0.25, 0.3) is 0 Å². The quantitative estimate of drug-likeness (QED) is 0.171. The number of aromatic nitrogens is 4. The van der Waals surface area contributed by atoms with Crippen LogP contribution in [0.3, 0.4) is 0 Å². The summed E-state index contributed by atoms with van der Waals surface area (Å²) in [5.74, 6) is 0. The molecule has 0 saturated carbocycles. The average molecular weight is 711 g/mol. The van der Waals surface area contributed by atoms with Crippen molar-refractivity contribution in [2.45, 2.75) is 0 Å². The first kappa shape index (κ1) is 30.9. The molecule has 0 saturated heterocycles. The molecule has 4 nitrogen and oxygen atoms in total. The third kappa shape index (κ3) is 4.79. The molecule has 0 atom stereocenters. The van der Waals surface area contributed by atoms with E-state index >= 15 is 0 Å². The van der Waals surface area contributed by atoms with Crippen molar-refractivity contribution in [2.75, 3.05) is 0 Å². The van der Waals surface area contributed by atoms with Crippen molar-refractivity contribution in [3.8, 4) is 44.8 Å². The van der Waals surface area contributed by atoms with Crippen LogP contribution in [0.1, 0.15) is 0 Å². The van der Waals surface area contributed by atoms with Crippen molar-refractivity contribution >= 4 is 75.9 Å². The molecule has 4 aromatic heterocycles. The normalized spacial score (nSPS) is 11.9. The molecule has 12 aromatic rings. The second-order valence-corrected chi connectivity index (χ2v) is 14.7. The number of hydrogen-bond donors (Lipinski definition) is 0. The van der Waals surface area contributed by atoms with Gasteiger partial charge in [0.1, 0.15) is 0 Å². The molecule has 4 heteroatoms. The van der Waals surface area contributed by atoms with E-state index in [4.69, 9.17) is 15.0 Å². The third-order valence-corrected chi connectivity index (χ3v) is 11.5. The number of rotatable bonds is 4. The fourth-order valence-corrected chi connectivity index (χ4v) is 8.71. The van der Waals surface area contributed by atoms with Gasteiger partial charge in [-0.25, -0.2) is 9.97 Å². The molecule has 56 heavy (non-hydrogen) atoms. The number of benzene rings is 8. The van der Waals surface area contributed by atoms with Crippen LogP contribution in [0.5, 0.6) is 0 Å². The lowest BCUT2D eigenvalue weighted by Crippen LogP contribution is -1.90. The summed E-state index contributed by atoms with van der Waals surface area (Å²) in [5, 5.41) is 12.1. The van der Waals surface area contributed by atoms with Gasteiger partial charge in [-0.2, -0.15) is 0 Å². The predicted molar refractivity (Wildman–Crippen MR) is 233 cm³/mol. The minimum absolute atomic E-state index is 0.920. The van der Waals surface area contributed by atoms with Crippen molar-refractivity contribution < 1.29 is 0 Å². The highest BCUT2D eigenvalue weighted by Crippen LogP contribution is 2.40. The fraction of sp³-hybridized carbons (Fsp3) is 0. The summed E-state index contributed by atoms with van der Waals surface area (Å²) in [6, 6.07) is 60.8. The van der Waals surface area contributed by atoms with E-state index in [1.165, 1.54) is 32.3 Å². The molecule has 8 aromatic carbocycles. The van der Waals surface area contributed by atoms with Crippen LogP contribution in [-0.4, -0.2) is 19.9 Å². The van der Waals surface area contributed by atoms with Crippen LogP contribution in [-0.2, 0) is 0 Å². The van der Waals surface area contributed by atoms with Gasteiger partial charge in [-0.3, -0.25) is 9.97 Å². The first-order chi connectivity index (χ1) is 27.7. The van der Waals surface area contributed by atoms with E-state index in [0.717, 1.165) is 88.4 Å². The fourth-order valence-electron chi connectivity index (χ4n) is 8.71. The van der Waals surface area contributed by atoms with Crippen LogP contribution in [0.4, 0.5) is 0 Å². The van der Waals surface area contributed by atoms with Gasteiger partial charge >= 0.3 is 0 Å². The zero-order chi connectivity index (χ0) is 36.7. The molecule has 12 rings (SSSR count). The van der Waals surface area contributed by atoms with E-state index in [9.17, 15) is 0 Å². The Kier molecular flexibility index (Phi) is 6.60. The Bertz CT molecular complexity index is 3520. The van der Waals surface area contributed by atoms with Crippen LogP contribution < -0.4 is 0 Å². The van der Waals surface area contributed by atoms with E-state index < -0.39 is 0 Å². The monoisotopic (exact) mass is 710 g/mol. The van der Waals surface area contributed by atoms with Crippen molar-refractivity contribution in [2.24, 2.45) is 0 Å². The lowest BCUT2D eigenvalue weighted by molar-refractivity contribution is 1.37. The summed E-state index contributed by atoms with van der Waals surface area (Å²) in [6.45, 7) is 0. The molecule has 258 valence electrons. The molecular formula is C52H30N4. The summed E-state index contributed by atoms with van der Waals surface area (Å²) in [6.07, 6.45) is 3.66. The average Bonchev–Trinajstić information content (AvgIpc) is 3.27. The maximum atomic E-state index is 5.19. The van der Waals surface area contributed by atoms with E-state index in [1.807, 2.05) is 24.5 Å². The molecule has 0 spiro atoms. The second kappa shape index (κ2) is 12.0. The maximum Gasteiger partial charge on any atom is 0.0970 e. The maximum absolute atomic E-state index is 5.19. The molecule has 0 amide bonds. The van der Waals surface area contributed by atoms with Crippen LogP contribution in [0.2, 0.25) is 0 Å². The Morgan fingerprint density at radius 1 is 0.304 bits per heavy atom. The molecule has 0 radical (unpaired) electrons. The van der Waals surface area contributed by atoms with Gasteiger partial charge in [0.2, 0.25) is 0 Å². The van der Waals surface area contributed by atoms with Gasteiger partial charge in [0.05, 0.1) is 33.5 Å². The number of fused-ring (bicyclic) bond motifs is 5. The smallest absolute Gasteiger partial charge is 0.0970 e. The van der Waals surface area contributed by atoms with Crippen LogP contribution in [0.15, 0.2) is 182 Å². The lowest BCUT2D eigenvalue weighted by Gasteiger charge is -2.14. The zero-order valence-corrected chi connectivity index (χ0v) is 30.1. The van der Waals surface area contributed by atoms with Crippen molar-refractivity contribution in [1.82, 2.24) is 19.9 Å². The topological polar surface area (TPSA) is 51.6 Å². The van der Waals surface area contributed by atoms with Crippen molar-refractivity contribution in [3.63, 3.8) is 0 Å². The molecule has 4 heterocycles. The van der Waals surface area contributed by atoms with Gasteiger partial charge < -0.3 is 0 Å². The lowest BCUT2D eigenvalue weighted by atomic mass is 9.91. The number of nitrogens with zero attached hydrogens (tertiary/aromatic N) is 4. The Morgan fingerprint density at radius 3 is 1.82 bits per heavy atom. The van der Waals surface area contributed by atoms with Gasteiger partial charge in [0.15, 0.2) is 0 Å². The van der Waals surface area contributed by atoms with Crippen molar-refractivity contribution in [3.05, 3.63) is 182 Å². The standard InChI is InChI=1S/C52H30N4/c1-4-34-13-14-36-16-21-41(42-22-17-35(5-1)49(34)50(36)42)47-25-20-39-28-37(19-24-46(39)55-47)38-15-12-33-18-23-45(56-48(33)30-38)32-10-8-31(9-11-32)44-29-40-6-2-26-53-51(40)52-43(44)7-3-27-54-52/h1-30H. The van der Waals surface area contributed by atoms with Gasteiger partial charge in [-0.05, 0) is 103 Å². The second-order valence-electron chi connectivity index (χ2n) is 14.7. The summed E-state index contributed by atoms with van der Waals surface area (Å²) < 4.78 is 0. The van der Waals surface area contributed by atoms with E-state index in [2.05, 4.69) is 163 Å². The highest BCUT2D eigenvalue weighted by molar-refractivity contribution is 6.25. The summed E-state index contributed by atoms with van der Waals surface area (Å²) in [7, 11) is 0. The highest BCUT2D eigenvalue weighted by atomic mass is 14.7. The van der Waals surface area contributed by atoms with Gasteiger partial charge in [-0.15, -0.1) is 0 Å². The molecule has 0 bridgehead atoms. The van der Waals surface area contributed by atoms with Crippen molar-refractivity contribution in [1.29, 1.82) is 0 Å². The minimum Gasteiger partial charge on any atom is -0.254 e. The number of pyridine rings is 4. The molecule has 0 aliphatic rings. The Hall–Kier alpha value is -7.56. The Balaban J connectivity index is 0.873. The summed E-state index contributed by atoms with van der Waals surface area (Å²) in [4.78, 5) is 19.7. The molecule has 0 aliphatic carbocycles. The van der Waals surface area contributed by atoms with Crippen LogP contribution in [0, 0.1) is 0 Å². The molecule has 0 N–H and O–H groups in total. The van der Waals surface area contributed by atoms with E-state index in [-0.39, 0.29) is 0 Å². The molecular weight excluding hydrogens is 681 g/mol. The van der Waals surface area contributed by atoms with E-state index in [1.54, 1.807) is 0 Å². The number of hydrogen-bond acceptors (Lipinski definition) is 4. The SMILES string of the molecule is c1cnc2c(c1)cc(-c1ccc(-c3ccc4ccc(-c5ccc6nc(-c7ccc8ccc9cccc%10ccc7c8c9%10)ccc6c5)cc4n3)cc1)c1cccnc12. The Labute approximate surface area is 321 Å². The summed E-state index contributed by atoms with van der Waals surface area (Å²) >= 11 is 0. The highest BCUT2D eigenvalue weighted by Gasteiger charge is 2.15. The molecule has 0 fully saturated rings. The minimum atomic E-state index is 0.920. The molecule has 0 aliphatic heterocycles. The Morgan fingerprint density at radius 2 is 0.929 bits per heavy atom. The predicted octanol–water partition coefficient (Wildman–Crippen LogP) is 13.4. The zero-order valence-electron chi connectivity index (χ0n) is 30.1. The van der Waals surface area contributed by atoms with Crippen LogP contribution >= 0.6 is 0 Å². The van der Waals surface area contributed by atoms with E-state index in [0.29, 0.717) is 0 Å². The first-order valence-electron chi connectivity index (χ1n) is 18.9. The first-order valence-corrected chi connectivity index (χ1v) is 18.9. The van der Waals surface area contributed by atoms with Crippen LogP contribution in [0.25, 0.3) is 121 Å². The molecule has 0 unspecified atom stereocenters.